The fourth-order valence-electron chi connectivity index (χ4n) is 1.73. The van der Waals surface area contributed by atoms with E-state index in [2.05, 4.69) is 0 Å². The molecule has 6 heteroatoms. The smallest absolute Gasteiger partial charge is 0.185 e. The number of benzene rings is 1. The van der Waals surface area contributed by atoms with Gasteiger partial charge in [-0.05, 0) is 29.7 Å². The average molecular weight is 287 g/mol. The Morgan fingerprint density at radius 1 is 1.47 bits per heavy atom. The van der Waals surface area contributed by atoms with Gasteiger partial charge >= 0.3 is 0 Å². The molecule has 0 aliphatic heterocycles. The normalized spacial score (nSPS) is 14.2. The lowest BCUT2D eigenvalue weighted by molar-refractivity contribution is -0.109. The van der Waals surface area contributed by atoms with Crippen LogP contribution in [0.15, 0.2) is 18.2 Å². The van der Waals surface area contributed by atoms with Gasteiger partial charge < -0.3 is 15.9 Å². The highest BCUT2D eigenvalue weighted by Gasteiger charge is 2.21. The average Bonchev–Trinajstić information content (AvgIpc) is 2.37. The van der Waals surface area contributed by atoms with Crippen LogP contribution in [0.3, 0.4) is 0 Å². The molecule has 0 aliphatic rings. The molecular formula is C13H18FNO3S. The standard InChI is InChI=1S/C13H18FNO3S/c1-8(16)19-5-4-12(17)13(18)11-3-2-10(14)6-9(11)7-15/h2-3,6,12-13,17-18H,4-5,7,15H2,1H3. The second kappa shape index (κ2) is 7.59. The van der Waals surface area contributed by atoms with Crippen molar-refractivity contribution >= 4 is 16.9 Å². The SMILES string of the molecule is CC(=O)SCCC(O)C(O)c1ccc(F)cc1CN. The zero-order valence-corrected chi connectivity index (χ0v) is 11.5. The van der Waals surface area contributed by atoms with Gasteiger partial charge in [0.2, 0.25) is 0 Å². The number of carbonyl (C=O) groups is 1. The lowest BCUT2D eigenvalue weighted by Crippen LogP contribution is -2.21. The van der Waals surface area contributed by atoms with E-state index in [0.717, 1.165) is 11.8 Å². The van der Waals surface area contributed by atoms with Crippen LogP contribution in [-0.2, 0) is 11.3 Å². The Hall–Kier alpha value is -0.950. The van der Waals surface area contributed by atoms with E-state index in [1.54, 1.807) is 0 Å². The third kappa shape index (κ3) is 4.91. The van der Waals surface area contributed by atoms with Crippen molar-refractivity contribution in [1.29, 1.82) is 0 Å². The Bertz CT molecular complexity index is 442. The zero-order valence-electron chi connectivity index (χ0n) is 10.7. The van der Waals surface area contributed by atoms with Gasteiger partial charge in [-0.1, -0.05) is 17.8 Å². The molecule has 0 fully saturated rings. The van der Waals surface area contributed by atoms with Gasteiger partial charge in [0.15, 0.2) is 5.12 Å². The summed E-state index contributed by atoms with van der Waals surface area (Å²) in [6.07, 6.45) is -1.87. The summed E-state index contributed by atoms with van der Waals surface area (Å²) in [6.45, 7) is 1.53. The first kappa shape index (κ1) is 16.1. The highest BCUT2D eigenvalue weighted by Crippen LogP contribution is 2.24. The van der Waals surface area contributed by atoms with Crippen molar-refractivity contribution in [3.05, 3.63) is 35.1 Å². The molecule has 0 aliphatic carbocycles. The number of nitrogens with two attached hydrogens (primary N) is 1. The van der Waals surface area contributed by atoms with Crippen LogP contribution >= 0.6 is 11.8 Å². The van der Waals surface area contributed by atoms with Gasteiger partial charge in [-0.2, -0.15) is 0 Å². The summed E-state index contributed by atoms with van der Waals surface area (Å²) in [5.41, 5.74) is 6.37. The van der Waals surface area contributed by atoms with Crippen LogP contribution in [0.4, 0.5) is 4.39 Å². The molecule has 2 unspecified atom stereocenters. The van der Waals surface area contributed by atoms with Crippen molar-refractivity contribution in [2.45, 2.75) is 32.1 Å². The third-order valence-electron chi connectivity index (χ3n) is 2.73. The molecule has 106 valence electrons. The second-order valence-electron chi connectivity index (χ2n) is 4.19. The van der Waals surface area contributed by atoms with Crippen molar-refractivity contribution in [1.82, 2.24) is 0 Å². The van der Waals surface area contributed by atoms with Crippen LogP contribution < -0.4 is 5.73 Å². The van der Waals surface area contributed by atoms with E-state index < -0.39 is 18.0 Å². The van der Waals surface area contributed by atoms with Crippen molar-refractivity contribution < 1.29 is 19.4 Å². The summed E-state index contributed by atoms with van der Waals surface area (Å²) >= 11 is 1.09. The molecule has 1 rings (SSSR count). The van der Waals surface area contributed by atoms with Crippen LogP contribution in [0, 0.1) is 5.82 Å². The maximum absolute atomic E-state index is 13.0. The number of aliphatic hydroxyl groups excluding tert-OH is 2. The molecule has 0 amide bonds. The fourth-order valence-corrected chi connectivity index (χ4v) is 2.37. The van der Waals surface area contributed by atoms with Crippen LogP contribution in [0.5, 0.6) is 0 Å². The van der Waals surface area contributed by atoms with Gasteiger partial charge in [0.05, 0.1) is 6.10 Å². The van der Waals surface area contributed by atoms with Crippen LogP contribution in [0.25, 0.3) is 0 Å². The maximum Gasteiger partial charge on any atom is 0.185 e. The second-order valence-corrected chi connectivity index (χ2v) is 5.46. The summed E-state index contributed by atoms with van der Waals surface area (Å²) < 4.78 is 13.0. The van der Waals surface area contributed by atoms with Crippen molar-refractivity contribution in [3.63, 3.8) is 0 Å². The summed E-state index contributed by atoms with van der Waals surface area (Å²) in [5.74, 6) is -0.00906. The van der Waals surface area contributed by atoms with Crippen LogP contribution in [0.2, 0.25) is 0 Å². The number of rotatable bonds is 6. The molecule has 4 N–H and O–H groups in total. The van der Waals surface area contributed by atoms with E-state index >= 15 is 0 Å². The number of aliphatic hydroxyl groups is 2. The molecule has 19 heavy (non-hydrogen) atoms. The molecule has 2 atom stereocenters. The summed E-state index contributed by atoms with van der Waals surface area (Å²) in [5, 5.41) is 19.9. The number of halogens is 1. The molecule has 0 radical (unpaired) electrons. The van der Waals surface area contributed by atoms with Gasteiger partial charge in [0.1, 0.15) is 11.9 Å². The minimum Gasteiger partial charge on any atom is -0.390 e. The number of hydrogen-bond acceptors (Lipinski definition) is 5. The van der Waals surface area contributed by atoms with Gasteiger partial charge in [0.25, 0.3) is 0 Å². The quantitative estimate of drug-likeness (QED) is 0.735. The first-order valence-corrected chi connectivity index (χ1v) is 6.92. The van der Waals surface area contributed by atoms with Gasteiger partial charge in [-0.25, -0.2) is 4.39 Å². The molecule has 0 saturated heterocycles. The summed E-state index contributed by atoms with van der Waals surface area (Å²) in [4.78, 5) is 10.8. The zero-order chi connectivity index (χ0) is 14.4. The first-order valence-electron chi connectivity index (χ1n) is 5.93. The summed E-state index contributed by atoms with van der Waals surface area (Å²) in [6, 6.07) is 3.88. The number of thioether (sulfide) groups is 1. The minimum absolute atomic E-state index is 0.0360. The molecule has 0 spiro atoms. The lowest BCUT2D eigenvalue weighted by atomic mass is 9.97. The Balaban J connectivity index is 2.70. The molecule has 0 saturated carbocycles. The number of carbonyl (C=O) groups excluding carboxylic acids is 1. The molecule has 0 aromatic heterocycles. The molecule has 0 heterocycles. The van der Waals surface area contributed by atoms with E-state index in [9.17, 15) is 19.4 Å². The molecular weight excluding hydrogens is 269 g/mol. The largest absolute Gasteiger partial charge is 0.390 e. The third-order valence-corrected chi connectivity index (χ3v) is 3.57. The van der Waals surface area contributed by atoms with E-state index in [1.165, 1.54) is 25.1 Å². The monoisotopic (exact) mass is 287 g/mol. The highest BCUT2D eigenvalue weighted by molar-refractivity contribution is 8.13. The van der Waals surface area contributed by atoms with Gasteiger partial charge in [0, 0.05) is 19.2 Å². The van der Waals surface area contributed by atoms with E-state index in [4.69, 9.17) is 5.73 Å². The predicted molar refractivity (Wildman–Crippen MR) is 73.0 cm³/mol. The van der Waals surface area contributed by atoms with Crippen molar-refractivity contribution in [2.24, 2.45) is 5.73 Å². The predicted octanol–water partition coefficient (Wildman–Crippen LogP) is 1.35. The fraction of sp³-hybridized carbons (Fsp3) is 0.462. The van der Waals surface area contributed by atoms with Crippen molar-refractivity contribution in [2.75, 3.05) is 5.75 Å². The molecule has 0 bridgehead atoms. The van der Waals surface area contributed by atoms with Crippen LogP contribution in [-0.4, -0.2) is 27.2 Å². The highest BCUT2D eigenvalue weighted by atomic mass is 32.2. The van der Waals surface area contributed by atoms with Gasteiger partial charge in [-0.15, -0.1) is 0 Å². The first-order chi connectivity index (χ1) is 8.95. The Morgan fingerprint density at radius 2 is 2.16 bits per heavy atom. The van der Waals surface area contributed by atoms with E-state index in [1.807, 2.05) is 0 Å². The molecule has 1 aromatic carbocycles. The Morgan fingerprint density at radius 3 is 2.74 bits per heavy atom. The molecule has 1 aromatic rings. The number of hydrogen-bond donors (Lipinski definition) is 3. The Kier molecular flexibility index (Phi) is 6.44. The summed E-state index contributed by atoms with van der Waals surface area (Å²) in [7, 11) is 0. The van der Waals surface area contributed by atoms with E-state index in [-0.39, 0.29) is 18.1 Å². The van der Waals surface area contributed by atoms with Gasteiger partial charge in [-0.3, -0.25) is 4.79 Å². The Labute approximate surface area is 115 Å². The molecule has 4 nitrogen and oxygen atoms in total. The van der Waals surface area contributed by atoms with Crippen LogP contribution in [0.1, 0.15) is 30.6 Å². The lowest BCUT2D eigenvalue weighted by Gasteiger charge is -2.20. The topological polar surface area (TPSA) is 83.5 Å². The van der Waals surface area contributed by atoms with E-state index in [0.29, 0.717) is 16.9 Å². The maximum atomic E-state index is 13.0. The minimum atomic E-state index is -1.13. The van der Waals surface area contributed by atoms with Crippen molar-refractivity contribution in [3.8, 4) is 0 Å².